The maximum Gasteiger partial charge on any atom is 0.303 e. The average molecular weight is 583 g/mol. The lowest BCUT2D eigenvalue weighted by molar-refractivity contribution is -0.137. The summed E-state index contributed by atoms with van der Waals surface area (Å²) in [6.45, 7) is 0.270. The van der Waals surface area contributed by atoms with Crippen LogP contribution in [0.1, 0.15) is 46.3 Å². The van der Waals surface area contributed by atoms with Gasteiger partial charge in [0, 0.05) is 56.7 Å². The lowest BCUT2D eigenvalue weighted by atomic mass is 10.1. The molecule has 2 aromatic heterocycles. The van der Waals surface area contributed by atoms with Crippen LogP contribution >= 0.6 is 11.6 Å². The van der Waals surface area contributed by atoms with Crippen LogP contribution in [0.4, 0.5) is 10.1 Å². The van der Waals surface area contributed by atoms with Crippen LogP contribution in [-0.2, 0) is 34.2 Å². The number of amides is 2. The van der Waals surface area contributed by atoms with Gasteiger partial charge in [-0.2, -0.15) is 0 Å². The molecule has 10 nitrogen and oxygen atoms in total. The second kappa shape index (κ2) is 11.7. The molecular formula is C29H28ClFN4O6. The fourth-order valence-electron chi connectivity index (χ4n) is 5.15. The van der Waals surface area contributed by atoms with Gasteiger partial charge in [0.2, 0.25) is 5.91 Å². The second-order valence-electron chi connectivity index (χ2n) is 9.99. The van der Waals surface area contributed by atoms with Crippen molar-refractivity contribution >= 4 is 46.0 Å². The number of benzene rings is 2. The number of carbonyl (C=O) groups is 3. The number of methoxy groups -OCH3 is 1. The Kier molecular flexibility index (Phi) is 8.09. The van der Waals surface area contributed by atoms with E-state index in [1.807, 2.05) is 35.9 Å². The van der Waals surface area contributed by atoms with Crippen molar-refractivity contribution < 1.29 is 33.1 Å². The van der Waals surface area contributed by atoms with Crippen molar-refractivity contribution in [3.63, 3.8) is 0 Å². The van der Waals surface area contributed by atoms with Crippen molar-refractivity contribution in [2.75, 3.05) is 19.0 Å². The molecule has 2 amide bonds. The predicted octanol–water partition coefficient (Wildman–Crippen LogP) is 4.76. The largest absolute Gasteiger partial charge is 0.481 e. The molecule has 0 spiro atoms. The summed E-state index contributed by atoms with van der Waals surface area (Å²) in [5, 5.41) is 16.5. The third-order valence-corrected chi connectivity index (χ3v) is 7.60. The van der Waals surface area contributed by atoms with Crippen LogP contribution in [0.2, 0.25) is 5.02 Å². The van der Waals surface area contributed by atoms with E-state index in [1.54, 1.807) is 24.3 Å². The number of aromatic nitrogens is 2. The van der Waals surface area contributed by atoms with Crippen LogP contribution in [0.3, 0.4) is 0 Å². The highest BCUT2D eigenvalue weighted by Crippen LogP contribution is 2.35. The van der Waals surface area contributed by atoms with Gasteiger partial charge in [0.1, 0.15) is 17.3 Å². The van der Waals surface area contributed by atoms with Gasteiger partial charge in [0.05, 0.1) is 41.3 Å². The number of halogens is 2. The maximum atomic E-state index is 15.2. The Hall–Kier alpha value is -4.22. The minimum Gasteiger partial charge on any atom is -0.481 e. The Bertz CT molecular complexity index is 1630. The minimum atomic E-state index is -0.958. The summed E-state index contributed by atoms with van der Waals surface area (Å²) in [5.74, 6) is -2.05. The Morgan fingerprint density at radius 3 is 2.78 bits per heavy atom. The van der Waals surface area contributed by atoms with E-state index in [0.29, 0.717) is 23.4 Å². The summed E-state index contributed by atoms with van der Waals surface area (Å²) in [6.07, 6.45) is 1.67. The van der Waals surface area contributed by atoms with Crippen LogP contribution in [0.5, 0.6) is 0 Å². The van der Waals surface area contributed by atoms with Gasteiger partial charge in [-0.1, -0.05) is 35.0 Å². The number of carboxylic acid groups (broad SMARTS) is 1. The molecule has 1 fully saturated rings. The fourth-order valence-corrected chi connectivity index (χ4v) is 5.39. The summed E-state index contributed by atoms with van der Waals surface area (Å²) in [4.78, 5) is 38.8. The van der Waals surface area contributed by atoms with Crippen molar-refractivity contribution in [3.8, 4) is 0 Å². The quantitative estimate of drug-likeness (QED) is 0.291. The topological polar surface area (TPSA) is 127 Å². The van der Waals surface area contributed by atoms with Crippen molar-refractivity contribution in [3.05, 3.63) is 82.1 Å². The smallest absolute Gasteiger partial charge is 0.303 e. The molecule has 3 heterocycles. The van der Waals surface area contributed by atoms with Gasteiger partial charge in [-0.05, 0) is 23.8 Å². The van der Waals surface area contributed by atoms with Crippen LogP contribution in [0.15, 0.2) is 53.2 Å². The van der Waals surface area contributed by atoms with E-state index in [2.05, 4.69) is 10.5 Å². The summed E-state index contributed by atoms with van der Waals surface area (Å²) in [7, 11) is 3.37. The summed E-state index contributed by atoms with van der Waals surface area (Å²) < 4.78 is 27.8. The highest BCUT2D eigenvalue weighted by atomic mass is 35.5. The van der Waals surface area contributed by atoms with Crippen molar-refractivity contribution in [1.29, 1.82) is 0 Å². The number of fused-ring (bicyclic) bond motifs is 1. The predicted molar refractivity (Wildman–Crippen MR) is 148 cm³/mol. The highest BCUT2D eigenvalue weighted by molar-refractivity contribution is 6.34. The minimum absolute atomic E-state index is 0.0741. The number of rotatable bonds is 9. The van der Waals surface area contributed by atoms with Crippen molar-refractivity contribution in [1.82, 2.24) is 14.6 Å². The average Bonchev–Trinajstić information content (AvgIpc) is 3.67. The van der Waals surface area contributed by atoms with Gasteiger partial charge < -0.3 is 29.2 Å². The van der Waals surface area contributed by atoms with Crippen LogP contribution in [0.25, 0.3) is 10.9 Å². The van der Waals surface area contributed by atoms with Crippen LogP contribution in [-0.4, -0.2) is 57.3 Å². The summed E-state index contributed by atoms with van der Waals surface area (Å²) in [5.41, 5.74) is 1.94. The van der Waals surface area contributed by atoms with Crippen LogP contribution in [0, 0.1) is 5.82 Å². The number of para-hydroxylation sites is 1. The monoisotopic (exact) mass is 582 g/mol. The number of nitrogens with one attached hydrogen (secondary N) is 1. The number of carbonyl (C=O) groups excluding carboxylic acids is 2. The number of carboxylic acids is 1. The van der Waals surface area contributed by atoms with Crippen molar-refractivity contribution in [2.45, 2.75) is 37.8 Å². The van der Waals surface area contributed by atoms with E-state index in [4.69, 9.17) is 26.0 Å². The van der Waals surface area contributed by atoms with Gasteiger partial charge >= 0.3 is 5.97 Å². The molecule has 4 aromatic rings. The Labute approximate surface area is 239 Å². The van der Waals surface area contributed by atoms with E-state index >= 15 is 4.39 Å². The zero-order chi connectivity index (χ0) is 29.3. The SMILES string of the molecule is CO[C@H]1C[C@@H](c2cc(CCC(=O)O)on2)N(C(=O)Cc2cc(Cl)c(NC(=O)c3cn(C)c4ccccc34)cc2F)C1. The summed E-state index contributed by atoms with van der Waals surface area (Å²) in [6, 6.07) is 11.0. The molecule has 0 saturated carbocycles. The molecule has 0 aliphatic carbocycles. The van der Waals surface area contributed by atoms with Gasteiger partial charge in [-0.15, -0.1) is 0 Å². The van der Waals surface area contributed by atoms with Gasteiger partial charge in [-0.3, -0.25) is 14.4 Å². The van der Waals surface area contributed by atoms with E-state index in [0.717, 1.165) is 17.0 Å². The standard InChI is InChI=1S/C29H28ClFN4O6/c1-34-15-20(19-5-3-4-6-25(19)34)29(39)32-23-13-22(31)16(9-21(23)30)10-27(36)35-14-18(40-2)12-26(35)24-11-17(41-33-24)7-8-28(37)38/h3-6,9,11,13,15,18,26H,7-8,10,12,14H2,1-2H3,(H,32,39)(H,37,38)/t18-,26-/m0/s1. The normalized spacial score (nSPS) is 16.8. The third kappa shape index (κ3) is 5.96. The first-order valence-corrected chi connectivity index (χ1v) is 13.3. The first-order chi connectivity index (χ1) is 19.6. The molecule has 2 aromatic carbocycles. The molecule has 0 bridgehead atoms. The number of likely N-dealkylation sites (tertiary alicyclic amines) is 1. The second-order valence-corrected chi connectivity index (χ2v) is 10.4. The zero-order valence-electron chi connectivity index (χ0n) is 22.4. The highest BCUT2D eigenvalue weighted by Gasteiger charge is 2.38. The number of aryl methyl sites for hydroxylation is 2. The molecular weight excluding hydrogens is 555 g/mol. The molecule has 2 atom stereocenters. The molecule has 0 radical (unpaired) electrons. The molecule has 5 rings (SSSR count). The maximum absolute atomic E-state index is 15.2. The van der Waals surface area contributed by atoms with E-state index < -0.39 is 23.7 Å². The van der Waals surface area contributed by atoms with E-state index in [9.17, 15) is 14.4 Å². The molecule has 214 valence electrons. The zero-order valence-corrected chi connectivity index (χ0v) is 23.2. The molecule has 41 heavy (non-hydrogen) atoms. The number of nitrogens with zero attached hydrogens (tertiary/aromatic N) is 3. The number of ether oxygens (including phenoxy) is 1. The first kappa shape index (κ1) is 28.3. The lowest BCUT2D eigenvalue weighted by Crippen LogP contribution is -2.33. The number of hydrogen-bond donors (Lipinski definition) is 2. The third-order valence-electron chi connectivity index (χ3n) is 7.29. The fraction of sp³-hybridized carbons (Fsp3) is 0.310. The number of hydrogen-bond acceptors (Lipinski definition) is 6. The molecule has 0 unspecified atom stereocenters. The molecule has 1 aliphatic rings. The Morgan fingerprint density at radius 1 is 1.24 bits per heavy atom. The van der Waals surface area contributed by atoms with Gasteiger partial charge in [0.25, 0.3) is 5.91 Å². The molecule has 12 heteroatoms. The van der Waals surface area contributed by atoms with Gasteiger partial charge in [-0.25, -0.2) is 4.39 Å². The molecule has 2 N–H and O–H groups in total. The molecule has 1 saturated heterocycles. The van der Waals surface area contributed by atoms with E-state index in [1.165, 1.54) is 6.07 Å². The first-order valence-electron chi connectivity index (χ1n) is 13.0. The number of aliphatic carboxylic acids is 1. The Morgan fingerprint density at radius 2 is 2.02 bits per heavy atom. The Balaban J connectivity index is 1.31. The van der Waals surface area contributed by atoms with Crippen molar-refractivity contribution in [2.24, 2.45) is 7.05 Å². The van der Waals surface area contributed by atoms with Crippen LogP contribution < -0.4 is 5.32 Å². The van der Waals surface area contributed by atoms with Gasteiger partial charge in [0.15, 0.2) is 0 Å². The lowest BCUT2D eigenvalue weighted by Gasteiger charge is -2.23. The molecule has 1 aliphatic heterocycles. The van der Waals surface area contributed by atoms with E-state index in [-0.39, 0.29) is 54.1 Å². The number of anilines is 1. The summed E-state index contributed by atoms with van der Waals surface area (Å²) >= 11 is 6.43.